The second kappa shape index (κ2) is 19.7. The average molecular weight is 879 g/mol. The Balaban J connectivity index is 0.934. The van der Waals surface area contributed by atoms with E-state index in [1.807, 2.05) is 60.7 Å². The summed E-state index contributed by atoms with van der Waals surface area (Å²) in [6, 6.07) is 36.2. The molecular weight excluding hydrogens is 830 g/mol. The molecule has 2 N–H and O–H groups in total. The van der Waals surface area contributed by atoms with Gasteiger partial charge in [-0.15, -0.1) is 11.8 Å². The zero-order chi connectivity index (χ0) is 42.2. The zero-order valence-electron chi connectivity index (χ0n) is 33.7. The quantitative estimate of drug-likeness (QED) is 0.0546. The van der Waals surface area contributed by atoms with Gasteiger partial charge in [-0.3, -0.25) is 24.6 Å². The van der Waals surface area contributed by atoms with Crippen LogP contribution in [0.3, 0.4) is 0 Å². The van der Waals surface area contributed by atoms with E-state index in [1.54, 1.807) is 11.8 Å². The Morgan fingerprint density at radius 3 is 2.39 bits per heavy atom. The molecule has 2 aliphatic heterocycles. The fraction of sp³-hybridized carbons (Fsp3) is 0.304. The van der Waals surface area contributed by atoms with Crippen molar-refractivity contribution < 1.29 is 18.1 Å². The third kappa shape index (κ3) is 10.9. The molecule has 2 aliphatic rings. The molecule has 5 aromatic carbocycles. The van der Waals surface area contributed by atoms with Crippen LogP contribution >= 0.6 is 23.4 Å². The van der Waals surface area contributed by atoms with Gasteiger partial charge in [0.2, 0.25) is 0 Å². The van der Waals surface area contributed by atoms with Crippen molar-refractivity contribution in [3.63, 3.8) is 0 Å². The number of nitro benzene ring substituents is 1. The first-order chi connectivity index (χ1) is 29.7. The standard InChI is InChI=1S/C46H48ClN7O5S2/c47-37-13-10-34(11-14-37)41-9-5-4-6-36(41)30-53-21-18-33(19-22-53)35-12-16-42-44(28-35)48-32-49-46(42)51-61(57,58)40-15-17-43(45(29-40)54(55)56)50-38(20-23-52-24-26-59-27-25-52)31-60-39-7-2-1-3-8-39/h1-17,28-29,32-33,38,50H,18-27,30-31H2,(H,48,49,51). The third-order valence-electron chi connectivity index (χ3n) is 11.4. The number of halogens is 1. The summed E-state index contributed by atoms with van der Waals surface area (Å²) in [7, 11) is -4.27. The number of hydrogen-bond acceptors (Lipinski definition) is 11. The lowest BCUT2D eigenvalue weighted by atomic mass is 9.88. The molecule has 0 radical (unpaired) electrons. The maximum Gasteiger partial charge on any atom is 0.293 e. The molecule has 1 atom stereocenters. The number of piperidine rings is 1. The molecule has 2 saturated heterocycles. The normalized spacial score (nSPS) is 16.0. The molecule has 2 fully saturated rings. The lowest BCUT2D eigenvalue weighted by Gasteiger charge is -2.32. The van der Waals surface area contributed by atoms with Crippen LogP contribution in [0.15, 0.2) is 131 Å². The van der Waals surface area contributed by atoms with Crippen LogP contribution in [0.25, 0.3) is 22.0 Å². The number of likely N-dealkylation sites (tertiary alicyclic amines) is 1. The zero-order valence-corrected chi connectivity index (χ0v) is 36.0. The molecule has 15 heteroatoms. The van der Waals surface area contributed by atoms with Gasteiger partial charge < -0.3 is 10.1 Å². The number of nitro groups is 1. The van der Waals surface area contributed by atoms with Crippen molar-refractivity contribution in [2.24, 2.45) is 0 Å². The molecule has 6 aromatic rings. The Hall–Kier alpha value is -5.09. The van der Waals surface area contributed by atoms with E-state index in [1.165, 1.54) is 29.6 Å². The number of anilines is 2. The SMILES string of the molecule is O=[N+]([O-])c1cc(S(=O)(=O)Nc2ncnc3cc(C4CCN(Cc5ccccc5-c5ccc(Cl)cc5)CC4)ccc23)ccc1NC(CCN1CCOCC1)CSc1ccccc1. The molecule has 1 unspecified atom stereocenters. The topological polar surface area (TPSA) is 143 Å². The van der Waals surface area contributed by atoms with Crippen LogP contribution in [0.5, 0.6) is 0 Å². The minimum absolute atomic E-state index is 0.108. The van der Waals surface area contributed by atoms with Crippen LogP contribution in [0, 0.1) is 10.1 Å². The van der Waals surface area contributed by atoms with Gasteiger partial charge in [0, 0.05) is 59.3 Å². The Kier molecular flexibility index (Phi) is 13.8. The molecular formula is C46H48ClN7O5S2. The summed E-state index contributed by atoms with van der Waals surface area (Å²) in [4.78, 5) is 26.4. The van der Waals surface area contributed by atoms with Crippen LogP contribution in [-0.2, 0) is 21.3 Å². The van der Waals surface area contributed by atoms with E-state index in [2.05, 4.69) is 66.2 Å². The summed E-state index contributed by atoms with van der Waals surface area (Å²) in [5.41, 5.74) is 5.34. The lowest BCUT2D eigenvalue weighted by molar-refractivity contribution is -0.384. The highest BCUT2D eigenvalue weighted by Crippen LogP contribution is 2.35. The maximum absolute atomic E-state index is 13.8. The maximum atomic E-state index is 13.8. The molecule has 316 valence electrons. The summed E-state index contributed by atoms with van der Waals surface area (Å²) in [6.45, 7) is 6.57. The Morgan fingerprint density at radius 1 is 0.869 bits per heavy atom. The van der Waals surface area contributed by atoms with Gasteiger partial charge in [0.15, 0.2) is 5.82 Å². The van der Waals surface area contributed by atoms with Crippen LogP contribution < -0.4 is 10.0 Å². The Morgan fingerprint density at radius 2 is 1.62 bits per heavy atom. The summed E-state index contributed by atoms with van der Waals surface area (Å²) in [5.74, 6) is 1.10. The predicted octanol–water partition coefficient (Wildman–Crippen LogP) is 9.33. The van der Waals surface area contributed by atoms with E-state index in [-0.39, 0.29) is 28.1 Å². The molecule has 0 spiro atoms. The monoisotopic (exact) mass is 877 g/mol. The number of morpholine rings is 1. The third-order valence-corrected chi connectivity index (χ3v) is 14.2. The highest BCUT2D eigenvalue weighted by molar-refractivity contribution is 7.99. The number of rotatable bonds is 16. The van der Waals surface area contributed by atoms with E-state index in [0.29, 0.717) is 35.8 Å². The first-order valence-corrected chi connectivity index (χ1v) is 23.4. The van der Waals surface area contributed by atoms with Crippen molar-refractivity contribution in [2.75, 3.05) is 61.7 Å². The van der Waals surface area contributed by atoms with E-state index in [0.717, 1.165) is 85.6 Å². The summed E-state index contributed by atoms with van der Waals surface area (Å²) >= 11 is 7.82. The van der Waals surface area contributed by atoms with E-state index < -0.39 is 14.9 Å². The first-order valence-electron chi connectivity index (χ1n) is 20.5. The predicted molar refractivity (Wildman–Crippen MR) is 244 cm³/mol. The van der Waals surface area contributed by atoms with Crippen LogP contribution in [-0.4, -0.2) is 90.8 Å². The van der Waals surface area contributed by atoms with Crippen molar-refractivity contribution in [1.82, 2.24) is 19.8 Å². The number of aromatic nitrogens is 2. The molecule has 1 aromatic heterocycles. The molecule has 3 heterocycles. The van der Waals surface area contributed by atoms with E-state index in [4.69, 9.17) is 16.3 Å². The number of benzene rings is 5. The molecule has 61 heavy (non-hydrogen) atoms. The highest BCUT2D eigenvalue weighted by Gasteiger charge is 2.26. The van der Waals surface area contributed by atoms with Crippen molar-refractivity contribution in [1.29, 1.82) is 0 Å². The van der Waals surface area contributed by atoms with Gasteiger partial charge >= 0.3 is 0 Å². The molecule has 0 amide bonds. The number of ether oxygens (including phenoxy) is 1. The fourth-order valence-corrected chi connectivity index (χ4v) is 10.2. The van der Waals surface area contributed by atoms with Crippen LogP contribution in [0.1, 0.15) is 36.3 Å². The smallest absolute Gasteiger partial charge is 0.293 e. The Labute approximate surface area is 365 Å². The lowest BCUT2D eigenvalue weighted by Crippen LogP contribution is -2.39. The molecule has 0 aliphatic carbocycles. The number of sulfonamides is 1. The number of nitrogens with one attached hydrogen (secondary N) is 2. The summed E-state index contributed by atoms with van der Waals surface area (Å²) in [5, 5.41) is 17.1. The van der Waals surface area contributed by atoms with Gasteiger partial charge in [0.25, 0.3) is 15.7 Å². The van der Waals surface area contributed by atoms with Crippen molar-refractivity contribution in [3.05, 3.63) is 148 Å². The minimum atomic E-state index is -4.27. The minimum Gasteiger partial charge on any atom is -0.379 e. The summed E-state index contributed by atoms with van der Waals surface area (Å²) < 4.78 is 35.8. The van der Waals surface area contributed by atoms with Gasteiger partial charge in [-0.1, -0.05) is 72.3 Å². The number of fused-ring (bicyclic) bond motifs is 1. The van der Waals surface area contributed by atoms with Gasteiger partial charge in [0.05, 0.1) is 28.5 Å². The van der Waals surface area contributed by atoms with Crippen molar-refractivity contribution in [2.45, 2.75) is 47.6 Å². The van der Waals surface area contributed by atoms with Gasteiger partial charge in [0.1, 0.15) is 12.0 Å². The summed E-state index contributed by atoms with van der Waals surface area (Å²) in [6.07, 6.45) is 4.03. The molecule has 8 rings (SSSR count). The average Bonchev–Trinajstić information content (AvgIpc) is 3.28. The number of hydrogen-bond donors (Lipinski definition) is 2. The second-order valence-electron chi connectivity index (χ2n) is 15.5. The largest absolute Gasteiger partial charge is 0.379 e. The first kappa shape index (κ1) is 42.6. The van der Waals surface area contributed by atoms with Crippen LogP contribution in [0.2, 0.25) is 5.02 Å². The molecule has 0 bridgehead atoms. The number of nitrogens with zero attached hydrogens (tertiary/aromatic N) is 5. The van der Waals surface area contributed by atoms with Gasteiger partial charge in [-0.25, -0.2) is 18.4 Å². The second-order valence-corrected chi connectivity index (χ2v) is 18.7. The molecule has 0 saturated carbocycles. The highest BCUT2D eigenvalue weighted by atomic mass is 35.5. The van der Waals surface area contributed by atoms with E-state index in [9.17, 15) is 18.5 Å². The van der Waals surface area contributed by atoms with Gasteiger partial charge in [-0.2, -0.15) is 0 Å². The molecule has 12 nitrogen and oxygen atoms in total. The van der Waals surface area contributed by atoms with Crippen molar-refractivity contribution in [3.8, 4) is 11.1 Å². The van der Waals surface area contributed by atoms with Gasteiger partial charge in [-0.05, 0) is 109 Å². The number of thioether (sulfide) groups is 1. The van der Waals surface area contributed by atoms with E-state index >= 15 is 0 Å². The Bertz CT molecular complexity index is 2550. The van der Waals surface area contributed by atoms with Crippen LogP contribution in [0.4, 0.5) is 17.2 Å². The fourth-order valence-electron chi connectivity index (χ4n) is 8.08. The van der Waals surface area contributed by atoms with Crippen molar-refractivity contribution >= 4 is 61.5 Å².